The summed E-state index contributed by atoms with van der Waals surface area (Å²) in [6.07, 6.45) is 3.10. The van der Waals surface area contributed by atoms with Gasteiger partial charge in [-0.05, 0) is 17.7 Å². The third-order valence-corrected chi connectivity index (χ3v) is 2.12. The fraction of sp³-hybridized carbons (Fsp3) is 0.364. The highest BCUT2D eigenvalue weighted by molar-refractivity contribution is 5.94. The van der Waals surface area contributed by atoms with Gasteiger partial charge in [0.05, 0.1) is 7.11 Å². The van der Waals surface area contributed by atoms with Crippen LogP contribution in [-0.4, -0.2) is 35.9 Å². The first-order chi connectivity index (χ1) is 7.63. The summed E-state index contributed by atoms with van der Waals surface area (Å²) in [5.41, 5.74) is 0.968. The minimum atomic E-state index is -0.522. The number of pyridine rings is 1. The predicted octanol–water partition coefficient (Wildman–Crippen LogP) is 0.603. The van der Waals surface area contributed by atoms with Crippen LogP contribution in [0.5, 0.6) is 0 Å². The average molecular weight is 222 g/mol. The molecule has 1 amide bonds. The van der Waals surface area contributed by atoms with Gasteiger partial charge in [-0.15, -0.1) is 0 Å². The summed E-state index contributed by atoms with van der Waals surface area (Å²) in [5.74, 6) is -0.782. The molecule has 5 nitrogen and oxygen atoms in total. The molecule has 0 atom stereocenters. The molecule has 0 saturated carbocycles. The van der Waals surface area contributed by atoms with E-state index in [0.717, 1.165) is 5.56 Å². The Labute approximate surface area is 94.0 Å². The highest BCUT2D eigenvalue weighted by atomic mass is 16.5. The van der Waals surface area contributed by atoms with Gasteiger partial charge in [-0.25, -0.2) is 0 Å². The van der Waals surface area contributed by atoms with Crippen molar-refractivity contribution in [3.63, 3.8) is 0 Å². The summed E-state index contributed by atoms with van der Waals surface area (Å²) in [5, 5.41) is 0. The van der Waals surface area contributed by atoms with Crippen LogP contribution in [0, 0.1) is 0 Å². The molecule has 0 N–H and O–H groups in total. The molecular formula is C11H14N2O3. The van der Waals surface area contributed by atoms with Gasteiger partial charge in [0, 0.05) is 26.0 Å². The monoisotopic (exact) mass is 222 g/mol. The van der Waals surface area contributed by atoms with Gasteiger partial charge in [0.1, 0.15) is 6.42 Å². The van der Waals surface area contributed by atoms with Crippen LogP contribution in [0.4, 0.5) is 0 Å². The Morgan fingerprint density at radius 3 is 2.56 bits per heavy atom. The molecule has 0 aromatic carbocycles. The van der Waals surface area contributed by atoms with E-state index < -0.39 is 5.97 Å². The number of aromatic nitrogens is 1. The lowest BCUT2D eigenvalue weighted by Crippen LogP contribution is -2.28. The van der Waals surface area contributed by atoms with E-state index in [2.05, 4.69) is 9.72 Å². The van der Waals surface area contributed by atoms with Crippen LogP contribution in [0.2, 0.25) is 0 Å². The van der Waals surface area contributed by atoms with Crippen LogP contribution in [-0.2, 0) is 20.9 Å². The van der Waals surface area contributed by atoms with Crippen LogP contribution in [0.1, 0.15) is 12.0 Å². The SMILES string of the molecule is COC(=O)CC(=O)N(C)Cc1ccncc1. The Bertz CT molecular complexity index is 365. The van der Waals surface area contributed by atoms with Crippen molar-refractivity contribution >= 4 is 11.9 Å². The topological polar surface area (TPSA) is 59.5 Å². The molecule has 0 bridgehead atoms. The van der Waals surface area contributed by atoms with Crippen LogP contribution >= 0.6 is 0 Å². The largest absolute Gasteiger partial charge is 0.469 e. The molecule has 0 spiro atoms. The summed E-state index contributed by atoms with van der Waals surface area (Å²) in [6, 6.07) is 3.64. The van der Waals surface area contributed by atoms with Crippen molar-refractivity contribution in [2.75, 3.05) is 14.2 Å². The molecule has 1 heterocycles. The Morgan fingerprint density at radius 2 is 2.00 bits per heavy atom. The zero-order chi connectivity index (χ0) is 12.0. The van der Waals surface area contributed by atoms with Gasteiger partial charge in [0.15, 0.2) is 0 Å². The third-order valence-electron chi connectivity index (χ3n) is 2.12. The van der Waals surface area contributed by atoms with Gasteiger partial charge in [-0.1, -0.05) is 0 Å². The van der Waals surface area contributed by atoms with Gasteiger partial charge < -0.3 is 9.64 Å². The number of carbonyl (C=O) groups excluding carboxylic acids is 2. The molecule has 1 rings (SSSR count). The van der Waals surface area contributed by atoms with Crippen molar-refractivity contribution in [3.05, 3.63) is 30.1 Å². The van der Waals surface area contributed by atoms with E-state index in [9.17, 15) is 9.59 Å². The normalized spacial score (nSPS) is 9.62. The first-order valence-corrected chi connectivity index (χ1v) is 4.83. The van der Waals surface area contributed by atoms with Gasteiger partial charge in [-0.3, -0.25) is 14.6 Å². The van der Waals surface area contributed by atoms with Crippen molar-refractivity contribution < 1.29 is 14.3 Å². The molecule has 0 aliphatic rings. The summed E-state index contributed by atoms with van der Waals surface area (Å²) >= 11 is 0. The van der Waals surface area contributed by atoms with E-state index >= 15 is 0 Å². The highest BCUT2D eigenvalue weighted by Crippen LogP contribution is 2.03. The number of methoxy groups -OCH3 is 1. The molecule has 0 aliphatic heterocycles. The summed E-state index contributed by atoms with van der Waals surface area (Å²) in [6.45, 7) is 0.457. The van der Waals surface area contributed by atoms with E-state index in [4.69, 9.17) is 0 Å². The first kappa shape index (κ1) is 12.2. The smallest absolute Gasteiger partial charge is 0.315 e. The maximum Gasteiger partial charge on any atom is 0.315 e. The molecule has 16 heavy (non-hydrogen) atoms. The minimum Gasteiger partial charge on any atom is -0.469 e. The van der Waals surface area contributed by atoms with Gasteiger partial charge in [-0.2, -0.15) is 0 Å². The number of ether oxygens (including phenoxy) is 1. The van der Waals surface area contributed by atoms with Gasteiger partial charge in [0.2, 0.25) is 5.91 Å². The van der Waals surface area contributed by atoms with Crippen molar-refractivity contribution in [1.29, 1.82) is 0 Å². The Hall–Kier alpha value is -1.91. The van der Waals surface area contributed by atoms with Crippen LogP contribution in [0.15, 0.2) is 24.5 Å². The number of amides is 1. The van der Waals surface area contributed by atoms with Crippen LogP contribution < -0.4 is 0 Å². The Kier molecular flexibility index (Phi) is 4.44. The molecule has 0 radical (unpaired) electrons. The van der Waals surface area contributed by atoms with Gasteiger partial charge >= 0.3 is 5.97 Å². The summed E-state index contributed by atoms with van der Waals surface area (Å²) in [4.78, 5) is 27.8. The molecule has 0 unspecified atom stereocenters. The number of nitrogens with zero attached hydrogens (tertiary/aromatic N) is 2. The number of hydrogen-bond donors (Lipinski definition) is 0. The van der Waals surface area contributed by atoms with E-state index in [-0.39, 0.29) is 12.3 Å². The van der Waals surface area contributed by atoms with E-state index in [0.29, 0.717) is 6.54 Å². The maximum absolute atomic E-state index is 11.5. The quantitative estimate of drug-likeness (QED) is 0.553. The lowest BCUT2D eigenvalue weighted by molar-refractivity contribution is -0.146. The minimum absolute atomic E-state index is 0.224. The first-order valence-electron chi connectivity index (χ1n) is 4.83. The maximum atomic E-state index is 11.5. The Morgan fingerprint density at radius 1 is 1.38 bits per heavy atom. The Balaban J connectivity index is 2.49. The van der Waals surface area contributed by atoms with E-state index in [1.54, 1.807) is 19.4 Å². The van der Waals surface area contributed by atoms with E-state index in [1.165, 1.54) is 12.0 Å². The summed E-state index contributed by atoms with van der Waals surface area (Å²) in [7, 11) is 2.91. The molecule has 0 saturated heterocycles. The van der Waals surface area contributed by atoms with Crippen molar-refractivity contribution in [1.82, 2.24) is 9.88 Å². The van der Waals surface area contributed by atoms with Crippen LogP contribution in [0.3, 0.4) is 0 Å². The predicted molar refractivity (Wildman–Crippen MR) is 57.3 cm³/mol. The lowest BCUT2D eigenvalue weighted by Gasteiger charge is -2.16. The van der Waals surface area contributed by atoms with Crippen molar-refractivity contribution in [3.8, 4) is 0 Å². The standard InChI is InChI=1S/C11H14N2O3/c1-13(10(14)7-11(15)16-2)8-9-3-5-12-6-4-9/h3-6H,7-8H2,1-2H3. The molecule has 86 valence electrons. The number of carbonyl (C=O) groups is 2. The number of esters is 1. The fourth-order valence-electron chi connectivity index (χ4n) is 1.18. The second-order valence-electron chi connectivity index (χ2n) is 3.36. The molecule has 0 fully saturated rings. The van der Waals surface area contributed by atoms with E-state index in [1.807, 2.05) is 12.1 Å². The second-order valence-corrected chi connectivity index (χ2v) is 3.36. The van der Waals surface area contributed by atoms with Crippen molar-refractivity contribution in [2.24, 2.45) is 0 Å². The zero-order valence-electron chi connectivity index (χ0n) is 9.34. The second kappa shape index (κ2) is 5.85. The highest BCUT2D eigenvalue weighted by Gasteiger charge is 2.14. The molecule has 0 aliphatic carbocycles. The zero-order valence-corrected chi connectivity index (χ0v) is 9.34. The third kappa shape index (κ3) is 3.68. The lowest BCUT2D eigenvalue weighted by atomic mass is 10.2. The molecule has 1 aromatic rings. The average Bonchev–Trinajstić information content (AvgIpc) is 2.30. The van der Waals surface area contributed by atoms with Crippen LogP contribution in [0.25, 0.3) is 0 Å². The van der Waals surface area contributed by atoms with Crippen molar-refractivity contribution in [2.45, 2.75) is 13.0 Å². The molecule has 5 heteroatoms. The number of hydrogen-bond acceptors (Lipinski definition) is 4. The van der Waals surface area contributed by atoms with Gasteiger partial charge in [0.25, 0.3) is 0 Å². The molecule has 1 aromatic heterocycles. The fourth-order valence-corrected chi connectivity index (χ4v) is 1.18. The summed E-state index contributed by atoms with van der Waals surface area (Å²) < 4.78 is 4.42. The number of rotatable bonds is 4. The molecular weight excluding hydrogens is 208 g/mol.